The van der Waals surface area contributed by atoms with E-state index in [1.54, 1.807) is 12.3 Å². The number of hydrogen-bond donors (Lipinski definition) is 2. The van der Waals surface area contributed by atoms with E-state index in [9.17, 15) is 9.18 Å². The van der Waals surface area contributed by atoms with Gasteiger partial charge >= 0.3 is 0 Å². The summed E-state index contributed by atoms with van der Waals surface area (Å²) in [4.78, 5) is 15.3. The van der Waals surface area contributed by atoms with Gasteiger partial charge < -0.3 is 10.3 Å². The van der Waals surface area contributed by atoms with E-state index in [2.05, 4.69) is 15.4 Å². The van der Waals surface area contributed by atoms with Crippen molar-refractivity contribution >= 4 is 16.8 Å². The van der Waals surface area contributed by atoms with Gasteiger partial charge in [0.2, 0.25) is 0 Å². The van der Waals surface area contributed by atoms with Crippen molar-refractivity contribution in [1.82, 2.24) is 20.1 Å². The number of aromatic nitrogens is 3. The average Bonchev–Trinajstić information content (AvgIpc) is 3.04. The van der Waals surface area contributed by atoms with Gasteiger partial charge in [0.05, 0.1) is 6.54 Å². The van der Waals surface area contributed by atoms with Crippen LogP contribution in [0.2, 0.25) is 0 Å². The first-order valence-electron chi connectivity index (χ1n) is 7.10. The van der Waals surface area contributed by atoms with Gasteiger partial charge in [0.15, 0.2) is 0 Å². The second-order valence-corrected chi connectivity index (χ2v) is 5.27. The Morgan fingerprint density at radius 3 is 2.91 bits per heavy atom. The van der Waals surface area contributed by atoms with E-state index < -0.39 is 0 Å². The number of H-pyrrole nitrogens is 1. The molecule has 0 spiro atoms. The fourth-order valence-corrected chi connectivity index (χ4v) is 2.52. The van der Waals surface area contributed by atoms with Gasteiger partial charge in [-0.05, 0) is 43.7 Å². The molecule has 22 heavy (non-hydrogen) atoms. The summed E-state index contributed by atoms with van der Waals surface area (Å²) in [6, 6.07) is 6.37. The third-order valence-corrected chi connectivity index (χ3v) is 3.79. The summed E-state index contributed by atoms with van der Waals surface area (Å²) in [6.07, 6.45) is 1.73. The van der Waals surface area contributed by atoms with E-state index in [0.717, 1.165) is 22.2 Å². The number of carbonyl (C=O) groups excluding carboxylic acids is 1. The minimum Gasteiger partial charge on any atom is -0.350 e. The lowest BCUT2D eigenvalue weighted by molar-refractivity contribution is 0.0947. The molecule has 114 valence electrons. The van der Waals surface area contributed by atoms with Crippen LogP contribution in [0.3, 0.4) is 0 Å². The first-order chi connectivity index (χ1) is 10.6. The van der Waals surface area contributed by atoms with Gasteiger partial charge in [-0.15, -0.1) is 0 Å². The van der Waals surface area contributed by atoms with E-state index in [4.69, 9.17) is 0 Å². The number of nitrogens with zero attached hydrogens (tertiary/aromatic N) is 2. The minimum atomic E-state index is -0.310. The predicted molar refractivity (Wildman–Crippen MR) is 82.3 cm³/mol. The quantitative estimate of drug-likeness (QED) is 0.778. The Morgan fingerprint density at radius 1 is 1.36 bits per heavy atom. The van der Waals surface area contributed by atoms with Gasteiger partial charge in [-0.2, -0.15) is 5.10 Å². The van der Waals surface area contributed by atoms with E-state index in [0.29, 0.717) is 18.8 Å². The number of hydrogen-bond acceptors (Lipinski definition) is 2. The van der Waals surface area contributed by atoms with Gasteiger partial charge in [-0.1, -0.05) is 0 Å². The molecule has 0 atom stereocenters. The second kappa shape index (κ2) is 5.63. The molecule has 1 aromatic carbocycles. The zero-order chi connectivity index (χ0) is 15.7. The SMILES string of the molecule is Cc1c(C(=O)NCCn2nccc2C)[nH]c2ccc(F)cc12. The van der Waals surface area contributed by atoms with Crippen molar-refractivity contribution in [1.29, 1.82) is 0 Å². The fourth-order valence-electron chi connectivity index (χ4n) is 2.52. The molecule has 0 fully saturated rings. The molecule has 0 radical (unpaired) electrons. The van der Waals surface area contributed by atoms with Crippen molar-refractivity contribution in [3.63, 3.8) is 0 Å². The van der Waals surface area contributed by atoms with Gasteiger partial charge in [0.1, 0.15) is 11.5 Å². The van der Waals surface area contributed by atoms with Crippen molar-refractivity contribution in [3.05, 3.63) is 53.2 Å². The molecule has 2 heterocycles. The van der Waals surface area contributed by atoms with Crippen LogP contribution in [0.1, 0.15) is 21.7 Å². The van der Waals surface area contributed by atoms with E-state index >= 15 is 0 Å². The molecular formula is C16H17FN4O. The zero-order valence-corrected chi connectivity index (χ0v) is 12.5. The summed E-state index contributed by atoms with van der Waals surface area (Å²) in [5, 5.41) is 7.75. The van der Waals surface area contributed by atoms with Crippen LogP contribution in [-0.4, -0.2) is 27.2 Å². The lowest BCUT2D eigenvalue weighted by Gasteiger charge is -2.06. The topological polar surface area (TPSA) is 62.7 Å². The third kappa shape index (κ3) is 2.59. The lowest BCUT2D eigenvalue weighted by Crippen LogP contribution is -2.28. The Morgan fingerprint density at radius 2 is 2.18 bits per heavy atom. The fraction of sp³-hybridized carbons (Fsp3) is 0.250. The molecule has 2 aromatic heterocycles. The Bertz CT molecular complexity index is 834. The Balaban J connectivity index is 1.72. The highest BCUT2D eigenvalue weighted by Gasteiger charge is 2.14. The largest absolute Gasteiger partial charge is 0.350 e. The maximum atomic E-state index is 13.3. The van der Waals surface area contributed by atoms with Gasteiger partial charge in [-0.25, -0.2) is 4.39 Å². The molecule has 0 aliphatic rings. The maximum absolute atomic E-state index is 13.3. The van der Waals surface area contributed by atoms with Crippen LogP contribution in [0.5, 0.6) is 0 Å². The predicted octanol–water partition coefficient (Wildman–Crippen LogP) is 2.55. The Hall–Kier alpha value is -2.63. The molecule has 0 saturated carbocycles. The third-order valence-electron chi connectivity index (χ3n) is 3.79. The molecule has 2 N–H and O–H groups in total. The molecule has 0 aliphatic heterocycles. The highest BCUT2D eigenvalue weighted by molar-refractivity contribution is 6.00. The number of benzene rings is 1. The number of nitrogens with one attached hydrogen (secondary N) is 2. The van der Waals surface area contributed by atoms with Crippen LogP contribution in [0, 0.1) is 19.7 Å². The number of halogens is 1. The second-order valence-electron chi connectivity index (χ2n) is 5.27. The van der Waals surface area contributed by atoms with Crippen LogP contribution in [0.25, 0.3) is 10.9 Å². The zero-order valence-electron chi connectivity index (χ0n) is 12.5. The van der Waals surface area contributed by atoms with Crippen LogP contribution in [0.4, 0.5) is 4.39 Å². The van der Waals surface area contributed by atoms with E-state index in [-0.39, 0.29) is 11.7 Å². The Labute approximate surface area is 127 Å². The number of aromatic amines is 1. The molecule has 0 saturated heterocycles. The smallest absolute Gasteiger partial charge is 0.268 e. The minimum absolute atomic E-state index is 0.195. The monoisotopic (exact) mass is 300 g/mol. The Kier molecular flexibility index (Phi) is 3.66. The van der Waals surface area contributed by atoms with Crippen molar-refractivity contribution in [2.45, 2.75) is 20.4 Å². The number of fused-ring (bicyclic) bond motifs is 1. The van der Waals surface area contributed by atoms with Gasteiger partial charge in [0, 0.05) is 29.3 Å². The first kappa shape index (κ1) is 14.3. The summed E-state index contributed by atoms with van der Waals surface area (Å²) in [7, 11) is 0. The molecule has 6 heteroatoms. The van der Waals surface area contributed by atoms with E-state index in [1.165, 1.54) is 12.1 Å². The standard InChI is InChI=1S/C16H17FN4O/c1-10-5-6-19-21(10)8-7-18-16(22)15-11(2)13-9-12(17)3-4-14(13)20-15/h3-6,9,20H,7-8H2,1-2H3,(H,18,22). The van der Waals surface area contributed by atoms with Crippen molar-refractivity contribution in [2.24, 2.45) is 0 Å². The normalized spacial score (nSPS) is 11.0. The van der Waals surface area contributed by atoms with Gasteiger partial charge in [-0.3, -0.25) is 9.48 Å². The van der Waals surface area contributed by atoms with Crippen molar-refractivity contribution in [2.75, 3.05) is 6.54 Å². The summed E-state index contributed by atoms with van der Waals surface area (Å²) in [5.41, 5.74) is 3.03. The molecule has 3 rings (SSSR count). The lowest BCUT2D eigenvalue weighted by atomic mass is 10.1. The average molecular weight is 300 g/mol. The molecule has 0 unspecified atom stereocenters. The van der Waals surface area contributed by atoms with Crippen molar-refractivity contribution in [3.8, 4) is 0 Å². The molecule has 5 nitrogen and oxygen atoms in total. The summed E-state index contributed by atoms with van der Waals surface area (Å²) in [6.45, 7) is 4.86. The molecule has 0 aliphatic carbocycles. The maximum Gasteiger partial charge on any atom is 0.268 e. The summed E-state index contributed by atoms with van der Waals surface area (Å²) in [5.74, 6) is -0.505. The number of amides is 1. The van der Waals surface area contributed by atoms with Gasteiger partial charge in [0.25, 0.3) is 5.91 Å². The number of aryl methyl sites for hydroxylation is 2. The van der Waals surface area contributed by atoms with Crippen LogP contribution in [-0.2, 0) is 6.54 Å². The first-order valence-corrected chi connectivity index (χ1v) is 7.10. The van der Waals surface area contributed by atoms with E-state index in [1.807, 2.05) is 24.6 Å². The molecule has 3 aromatic rings. The number of rotatable bonds is 4. The number of carbonyl (C=O) groups is 1. The highest BCUT2D eigenvalue weighted by Crippen LogP contribution is 2.22. The van der Waals surface area contributed by atoms with Crippen LogP contribution < -0.4 is 5.32 Å². The van der Waals surface area contributed by atoms with Crippen LogP contribution in [0.15, 0.2) is 30.5 Å². The van der Waals surface area contributed by atoms with Crippen LogP contribution >= 0.6 is 0 Å². The van der Waals surface area contributed by atoms with Crippen molar-refractivity contribution < 1.29 is 9.18 Å². The summed E-state index contributed by atoms with van der Waals surface area (Å²) < 4.78 is 15.1. The molecule has 1 amide bonds. The molecular weight excluding hydrogens is 283 g/mol. The molecule has 0 bridgehead atoms. The highest BCUT2D eigenvalue weighted by atomic mass is 19.1. The summed E-state index contributed by atoms with van der Waals surface area (Å²) >= 11 is 0.